The first kappa shape index (κ1) is 16.7. The van der Waals surface area contributed by atoms with Crippen molar-refractivity contribution in [3.63, 3.8) is 0 Å². The Bertz CT molecular complexity index is 690. The molecule has 2 fully saturated rings. The lowest BCUT2D eigenvalue weighted by atomic mass is 9.96. The summed E-state index contributed by atoms with van der Waals surface area (Å²) in [6.07, 6.45) is 4.61. The summed E-state index contributed by atoms with van der Waals surface area (Å²) in [5.74, 6) is 0. The van der Waals surface area contributed by atoms with Gasteiger partial charge in [-0.05, 0) is 37.4 Å². The van der Waals surface area contributed by atoms with E-state index in [4.69, 9.17) is 9.47 Å². The zero-order valence-corrected chi connectivity index (χ0v) is 14.4. The Morgan fingerprint density at radius 3 is 2.92 bits per heavy atom. The second-order valence-electron chi connectivity index (χ2n) is 6.92. The molecule has 134 valence electrons. The number of fused-ring (bicyclic) bond motifs is 2. The maximum Gasteiger partial charge on any atom is 0.183 e. The van der Waals surface area contributed by atoms with Crippen molar-refractivity contribution in [2.75, 3.05) is 13.2 Å². The first-order valence-corrected chi connectivity index (χ1v) is 8.95. The van der Waals surface area contributed by atoms with Gasteiger partial charge in [0.15, 0.2) is 6.29 Å². The molecule has 2 saturated heterocycles. The van der Waals surface area contributed by atoms with Crippen molar-refractivity contribution in [2.24, 2.45) is 0 Å². The molecule has 0 amide bonds. The third-order valence-electron chi connectivity index (χ3n) is 5.03. The Kier molecular flexibility index (Phi) is 4.85. The number of ether oxygens (including phenoxy) is 2. The molecule has 1 aromatic carbocycles. The van der Waals surface area contributed by atoms with Crippen LogP contribution in [0.5, 0.6) is 0 Å². The van der Waals surface area contributed by atoms with E-state index in [-0.39, 0.29) is 18.2 Å². The summed E-state index contributed by atoms with van der Waals surface area (Å²) < 4.78 is 13.5. The van der Waals surface area contributed by atoms with Gasteiger partial charge >= 0.3 is 0 Å². The van der Waals surface area contributed by atoms with Gasteiger partial charge in [0, 0.05) is 6.20 Å². The quantitative estimate of drug-likeness (QED) is 0.777. The average molecular weight is 343 g/mol. The molecule has 25 heavy (non-hydrogen) atoms. The molecular formula is C19H25N3O3. The van der Waals surface area contributed by atoms with Gasteiger partial charge in [-0.3, -0.25) is 4.68 Å². The van der Waals surface area contributed by atoms with E-state index in [0.29, 0.717) is 6.61 Å². The molecule has 6 nitrogen and oxygen atoms in total. The van der Waals surface area contributed by atoms with Gasteiger partial charge in [0.1, 0.15) is 12.1 Å². The largest absolute Gasteiger partial charge is 0.389 e. The highest BCUT2D eigenvalue weighted by Crippen LogP contribution is 2.35. The summed E-state index contributed by atoms with van der Waals surface area (Å²) >= 11 is 0. The van der Waals surface area contributed by atoms with Crippen molar-refractivity contribution in [3.05, 3.63) is 53.9 Å². The molecule has 5 unspecified atom stereocenters. The number of hydrogen-bond acceptors (Lipinski definition) is 5. The van der Waals surface area contributed by atoms with Crippen LogP contribution >= 0.6 is 0 Å². The zero-order valence-electron chi connectivity index (χ0n) is 14.4. The third kappa shape index (κ3) is 3.48. The monoisotopic (exact) mass is 343 g/mol. The van der Waals surface area contributed by atoms with E-state index in [2.05, 4.69) is 34.7 Å². The van der Waals surface area contributed by atoms with Gasteiger partial charge in [0.2, 0.25) is 0 Å². The van der Waals surface area contributed by atoms with Gasteiger partial charge < -0.3 is 19.9 Å². The second kappa shape index (κ2) is 7.25. The summed E-state index contributed by atoms with van der Waals surface area (Å²) in [5.41, 5.74) is 2.39. The standard InChI is InChI=1S/C19H25N3O3/c1-13-10-21-22(11-13)17-18(23)16(15-12-24-19(17)25-15)20-9-5-8-14-6-3-2-4-7-14/h2-4,6-7,10-11,15-20,23H,5,8-9,12H2,1H3. The molecule has 0 saturated carbocycles. The fourth-order valence-electron chi connectivity index (χ4n) is 3.74. The van der Waals surface area contributed by atoms with Crippen molar-refractivity contribution in [1.82, 2.24) is 15.1 Å². The van der Waals surface area contributed by atoms with Crippen LogP contribution in [0.15, 0.2) is 42.7 Å². The third-order valence-corrected chi connectivity index (χ3v) is 5.03. The molecule has 4 rings (SSSR count). The minimum Gasteiger partial charge on any atom is -0.389 e. The Morgan fingerprint density at radius 1 is 1.32 bits per heavy atom. The summed E-state index contributed by atoms with van der Waals surface area (Å²) in [6.45, 7) is 3.32. The maximum absolute atomic E-state index is 10.9. The van der Waals surface area contributed by atoms with E-state index in [1.165, 1.54) is 5.56 Å². The summed E-state index contributed by atoms with van der Waals surface area (Å²) in [6, 6.07) is 9.98. The number of aliphatic hydroxyl groups is 1. The zero-order chi connectivity index (χ0) is 17.2. The van der Waals surface area contributed by atoms with Crippen LogP contribution in [0.3, 0.4) is 0 Å². The predicted octanol–water partition coefficient (Wildman–Crippen LogP) is 1.44. The Morgan fingerprint density at radius 2 is 2.16 bits per heavy atom. The van der Waals surface area contributed by atoms with Crippen LogP contribution in [0.1, 0.15) is 23.6 Å². The van der Waals surface area contributed by atoms with Gasteiger partial charge in [-0.1, -0.05) is 30.3 Å². The molecule has 3 heterocycles. The van der Waals surface area contributed by atoms with E-state index in [9.17, 15) is 5.11 Å². The predicted molar refractivity (Wildman–Crippen MR) is 93.2 cm³/mol. The van der Waals surface area contributed by atoms with Gasteiger partial charge in [-0.25, -0.2) is 0 Å². The molecule has 1 aromatic heterocycles. The highest BCUT2D eigenvalue weighted by Gasteiger charge is 2.51. The number of aliphatic hydroxyl groups excluding tert-OH is 1. The lowest BCUT2D eigenvalue weighted by molar-refractivity contribution is -0.167. The number of rotatable bonds is 6. The van der Waals surface area contributed by atoms with Crippen molar-refractivity contribution in [2.45, 2.75) is 50.3 Å². The number of aryl methyl sites for hydroxylation is 2. The lowest BCUT2D eigenvalue weighted by Gasteiger charge is -2.38. The SMILES string of the molecule is Cc1cnn(C2C3OCC(O3)C(NCCCc3ccccc3)C2O)c1. The number of aromatic nitrogens is 2. The lowest BCUT2D eigenvalue weighted by Crippen LogP contribution is -2.57. The molecule has 2 N–H and O–H groups in total. The van der Waals surface area contributed by atoms with E-state index in [0.717, 1.165) is 24.9 Å². The molecule has 2 aromatic rings. The van der Waals surface area contributed by atoms with Gasteiger partial charge in [0.05, 0.1) is 24.9 Å². The van der Waals surface area contributed by atoms with Gasteiger partial charge in [-0.15, -0.1) is 0 Å². The van der Waals surface area contributed by atoms with Gasteiger partial charge in [-0.2, -0.15) is 5.10 Å². The maximum atomic E-state index is 10.9. The molecule has 0 radical (unpaired) electrons. The molecule has 0 spiro atoms. The molecule has 0 aliphatic carbocycles. The van der Waals surface area contributed by atoms with Crippen molar-refractivity contribution >= 4 is 0 Å². The van der Waals surface area contributed by atoms with Crippen LogP contribution in [0, 0.1) is 6.92 Å². The van der Waals surface area contributed by atoms with Crippen molar-refractivity contribution < 1.29 is 14.6 Å². The number of hydrogen-bond donors (Lipinski definition) is 2. The summed E-state index contributed by atoms with van der Waals surface area (Å²) in [4.78, 5) is 0. The Hall–Kier alpha value is -1.73. The van der Waals surface area contributed by atoms with E-state index in [1.54, 1.807) is 10.9 Å². The molecule has 6 heteroatoms. The second-order valence-corrected chi connectivity index (χ2v) is 6.92. The fourth-order valence-corrected chi connectivity index (χ4v) is 3.74. The van der Waals surface area contributed by atoms with Crippen LogP contribution in [0.25, 0.3) is 0 Å². The van der Waals surface area contributed by atoms with E-state index >= 15 is 0 Å². The fraction of sp³-hybridized carbons (Fsp3) is 0.526. The van der Waals surface area contributed by atoms with Crippen LogP contribution in [-0.2, 0) is 15.9 Å². The normalized spacial score (nSPS) is 31.4. The smallest absolute Gasteiger partial charge is 0.183 e. The first-order valence-electron chi connectivity index (χ1n) is 8.95. The van der Waals surface area contributed by atoms with Crippen LogP contribution < -0.4 is 5.32 Å². The molecule has 2 aliphatic heterocycles. The van der Waals surface area contributed by atoms with E-state index < -0.39 is 12.4 Å². The number of nitrogens with zero attached hydrogens (tertiary/aromatic N) is 2. The molecule has 2 bridgehead atoms. The average Bonchev–Trinajstić information content (AvgIpc) is 3.23. The molecule has 5 atom stereocenters. The van der Waals surface area contributed by atoms with Crippen LogP contribution in [0.4, 0.5) is 0 Å². The topological polar surface area (TPSA) is 68.5 Å². The number of nitrogens with one attached hydrogen (secondary N) is 1. The molecule has 2 aliphatic rings. The highest BCUT2D eigenvalue weighted by atomic mass is 16.7. The van der Waals surface area contributed by atoms with Gasteiger partial charge in [0.25, 0.3) is 0 Å². The molecular weight excluding hydrogens is 318 g/mol. The van der Waals surface area contributed by atoms with Crippen LogP contribution in [0.2, 0.25) is 0 Å². The van der Waals surface area contributed by atoms with Crippen molar-refractivity contribution in [1.29, 1.82) is 0 Å². The van der Waals surface area contributed by atoms with E-state index in [1.807, 2.05) is 19.2 Å². The Balaban J connectivity index is 1.37. The first-order chi connectivity index (χ1) is 12.2. The summed E-state index contributed by atoms with van der Waals surface area (Å²) in [7, 11) is 0. The summed E-state index contributed by atoms with van der Waals surface area (Å²) in [5, 5.41) is 18.7. The van der Waals surface area contributed by atoms with Crippen molar-refractivity contribution in [3.8, 4) is 0 Å². The number of benzene rings is 1. The minimum absolute atomic E-state index is 0.107. The Labute approximate surface area is 147 Å². The minimum atomic E-state index is -0.595. The van der Waals surface area contributed by atoms with Crippen LogP contribution in [-0.4, -0.2) is 52.6 Å². The highest BCUT2D eigenvalue weighted by molar-refractivity contribution is 5.14.